The van der Waals surface area contributed by atoms with Crippen LogP contribution in [0.25, 0.3) is 6.08 Å². The molecule has 0 amide bonds. The van der Waals surface area contributed by atoms with E-state index < -0.39 is 8.32 Å². The molecule has 2 rings (SSSR count). The molecule has 2 nitrogen and oxygen atoms in total. The van der Waals surface area contributed by atoms with Crippen LogP contribution in [0, 0.1) is 0 Å². The predicted molar refractivity (Wildman–Crippen MR) is 64.9 cm³/mol. The molecule has 1 aromatic carbocycles. The van der Waals surface area contributed by atoms with Crippen molar-refractivity contribution in [1.82, 2.24) is 0 Å². The van der Waals surface area contributed by atoms with E-state index in [1.165, 1.54) is 0 Å². The molecule has 0 aromatic heterocycles. The third kappa shape index (κ3) is 2.23. The monoisotopic (exact) mass is 220 g/mol. The molecule has 15 heavy (non-hydrogen) atoms. The number of allylic oxidation sites excluding steroid dienone is 1. The van der Waals surface area contributed by atoms with Crippen molar-refractivity contribution in [3.8, 4) is 11.5 Å². The van der Waals surface area contributed by atoms with Gasteiger partial charge in [-0.15, -0.1) is 0 Å². The molecule has 0 saturated heterocycles. The van der Waals surface area contributed by atoms with Gasteiger partial charge >= 0.3 is 0 Å². The van der Waals surface area contributed by atoms with E-state index in [-0.39, 0.29) is 0 Å². The van der Waals surface area contributed by atoms with E-state index in [0.29, 0.717) is 0 Å². The molecule has 0 N–H and O–H groups in total. The molecule has 1 aromatic rings. The Labute approximate surface area is 91.7 Å². The molecule has 1 heterocycles. The average molecular weight is 220 g/mol. The van der Waals surface area contributed by atoms with E-state index >= 15 is 0 Å². The summed E-state index contributed by atoms with van der Waals surface area (Å²) in [6, 6.07) is 7.02. The van der Waals surface area contributed by atoms with Crippen molar-refractivity contribution >= 4 is 14.4 Å². The highest BCUT2D eigenvalue weighted by atomic mass is 28.4. The lowest BCUT2D eigenvalue weighted by Gasteiger charge is -2.22. The molecule has 0 spiro atoms. The second-order valence-electron chi connectivity index (χ2n) is 4.37. The quantitative estimate of drug-likeness (QED) is 0.676. The van der Waals surface area contributed by atoms with E-state index in [1.54, 1.807) is 7.11 Å². The number of hydrogen-bond acceptors (Lipinski definition) is 2. The standard InChI is InChI=1S/C12H16O2Si/c1-13-11-6-7-12-10(9-11)5-4-8-15(2,3)14-12/h4-7,9H,8H2,1-3H3. The Bertz CT molecular complexity index is 397. The van der Waals surface area contributed by atoms with Crippen molar-refractivity contribution in [3.05, 3.63) is 29.8 Å². The fourth-order valence-corrected chi connectivity index (χ4v) is 3.24. The lowest BCUT2D eigenvalue weighted by atomic mass is 10.2. The molecular weight excluding hydrogens is 204 g/mol. The zero-order chi connectivity index (χ0) is 10.9. The fraction of sp³-hybridized carbons (Fsp3) is 0.333. The van der Waals surface area contributed by atoms with Gasteiger partial charge in [0.25, 0.3) is 0 Å². The molecule has 0 saturated carbocycles. The van der Waals surface area contributed by atoms with Crippen molar-refractivity contribution in [3.63, 3.8) is 0 Å². The van der Waals surface area contributed by atoms with Crippen LogP contribution in [-0.4, -0.2) is 15.4 Å². The van der Waals surface area contributed by atoms with Crippen molar-refractivity contribution in [2.45, 2.75) is 19.1 Å². The smallest absolute Gasteiger partial charge is 0.248 e. The molecule has 80 valence electrons. The molecule has 0 bridgehead atoms. The Balaban J connectivity index is 2.41. The van der Waals surface area contributed by atoms with E-state index in [1.807, 2.05) is 18.2 Å². The maximum Gasteiger partial charge on any atom is 0.248 e. The zero-order valence-corrected chi connectivity index (χ0v) is 10.4. The van der Waals surface area contributed by atoms with Crippen LogP contribution < -0.4 is 9.16 Å². The Morgan fingerprint density at radius 1 is 1.33 bits per heavy atom. The SMILES string of the molecule is COc1ccc2c(c1)C=CC[Si](C)(C)O2. The maximum atomic E-state index is 6.06. The van der Waals surface area contributed by atoms with Crippen LogP contribution >= 0.6 is 0 Å². The minimum atomic E-state index is -1.55. The first-order chi connectivity index (χ1) is 7.11. The van der Waals surface area contributed by atoms with Gasteiger partial charge in [0.05, 0.1) is 7.11 Å². The van der Waals surface area contributed by atoms with E-state index in [4.69, 9.17) is 9.16 Å². The van der Waals surface area contributed by atoms with Gasteiger partial charge < -0.3 is 9.16 Å². The second-order valence-corrected chi connectivity index (χ2v) is 8.50. The highest BCUT2D eigenvalue weighted by molar-refractivity contribution is 6.72. The summed E-state index contributed by atoms with van der Waals surface area (Å²) in [5.41, 5.74) is 1.12. The molecule has 1 aliphatic heterocycles. The van der Waals surface area contributed by atoms with Gasteiger partial charge in [0.15, 0.2) is 0 Å². The lowest BCUT2D eigenvalue weighted by molar-refractivity contribution is 0.413. The summed E-state index contributed by atoms with van der Waals surface area (Å²) in [6.45, 7) is 4.47. The predicted octanol–water partition coefficient (Wildman–Crippen LogP) is 3.31. The Morgan fingerprint density at radius 3 is 2.87 bits per heavy atom. The highest BCUT2D eigenvalue weighted by Gasteiger charge is 2.25. The van der Waals surface area contributed by atoms with Gasteiger partial charge in [-0.3, -0.25) is 0 Å². The lowest BCUT2D eigenvalue weighted by Crippen LogP contribution is -2.32. The van der Waals surface area contributed by atoms with Gasteiger partial charge in [0.1, 0.15) is 11.5 Å². The van der Waals surface area contributed by atoms with Crippen LogP contribution in [0.1, 0.15) is 5.56 Å². The highest BCUT2D eigenvalue weighted by Crippen LogP contribution is 2.31. The minimum absolute atomic E-state index is 0.878. The van der Waals surface area contributed by atoms with Gasteiger partial charge in [-0.1, -0.05) is 12.2 Å². The van der Waals surface area contributed by atoms with Crippen LogP contribution in [0.3, 0.4) is 0 Å². The largest absolute Gasteiger partial charge is 0.543 e. The summed E-state index contributed by atoms with van der Waals surface area (Å²) >= 11 is 0. The number of methoxy groups -OCH3 is 1. The number of fused-ring (bicyclic) bond motifs is 1. The molecule has 0 aliphatic carbocycles. The van der Waals surface area contributed by atoms with Gasteiger partial charge in [0, 0.05) is 5.56 Å². The van der Waals surface area contributed by atoms with Gasteiger partial charge in [-0.25, -0.2) is 0 Å². The van der Waals surface area contributed by atoms with Gasteiger partial charge in [-0.2, -0.15) is 0 Å². The molecule has 0 unspecified atom stereocenters. The molecule has 3 heteroatoms. The number of benzene rings is 1. The minimum Gasteiger partial charge on any atom is -0.543 e. The Morgan fingerprint density at radius 2 is 2.13 bits per heavy atom. The maximum absolute atomic E-state index is 6.06. The summed E-state index contributed by atoms with van der Waals surface area (Å²) in [5.74, 6) is 1.87. The number of hydrogen-bond donors (Lipinski definition) is 0. The van der Waals surface area contributed by atoms with Crippen LogP contribution in [0.4, 0.5) is 0 Å². The number of rotatable bonds is 1. The third-order valence-corrected chi connectivity index (χ3v) is 4.50. The summed E-state index contributed by atoms with van der Waals surface area (Å²) in [7, 11) is 0.135. The molecule has 0 radical (unpaired) electrons. The summed E-state index contributed by atoms with van der Waals surface area (Å²) in [5, 5.41) is 0. The second kappa shape index (κ2) is 3.74. The van der Waals surface area contributed by atoms with Crippen LogP contribution in [-0.2, 0) is 0 Å². The van der Waals surface area contributed by atoms with Crippen molar-refractivity contribution < 1.29 is 9.16 Å². The van der Waals surface area contributed by atoms with Crippen molar-refractivity contribution in [1.29, 1.82) is 0 Å². The van der Waals surface area contributed by atoms with E-state index in [0.717, 1.165) is 23.1 Å². The van der Waals surface area contributed by atoms with Gasteiger partial charge in [0.2, 0.25) is 8.32 Å². The molecular formula is C12H16O2Si. The summed E-state index contributed by atoms with van der Waals surface area (Å²) in [6.07, 6.45) is 4.33. The first kappa shape index (κ1) is 10.3. The normalized spacial score (nSPS) is 17.5. The van der Waals surface area contributed by atoms with Crippen molar-refractivity contribution in [2.24, 2.45) is 0 Å². The van der Waals surface area contributed by atoms with E-state index in [9.17, 15) is 0 Å². The molecule has 0 atom stereocenters. The first-order valence-corrected chi connectivity index (χ1v) is 8.26. The topological polar surface area (TPSA) is 18.5 Å². The van der Waals surface area contributed by atoms with Crippen LogP contribution in [0.2, 0.25) is 19.1 Å². The summed E-state index contributed by atoms with van der Waals surface area (Å²) < 4.78 is 11.3. The van der Waals surface area contributed by atoms with Gasteiger partial charge in [-0.05, 0) is 37.3 Å². The van der Waals surface area contributed by atoms with E-state index in [2.05, 4.69) is 25.2 Å². The fourth-order valence-electron chi connectivity index (χ4n) is 1.69. The number of ether oxygens (including phenoxy) is 1. The Hall–Kier alpha value is -1.22. The van der Waals surface area contributed by atoms with Crippen molar-refractivity contribution in [2.75, 3.05) is 7.11 Å². The zero-order valence-electron chi connectivity index (χ0n) is 9.41. The average Bonchev–Trinajstić information content (AvgIpc) is 2.33. The molecule has 0 fully saturated rings. The third-order valence-electron chi connectivity index (χ3n) is 2.51. The van der Waals surface area contributed by atoms with Crippen LogP contribution in [0.15, 0.2) is 24.3 Å². The van der Waals surface area contributed by atoms with Crippen LogP contribution in [0.5, 0.6) is 11.5 Å². The first-order valence-electron chi connectivity index (χ1n) is 5.14. The molecule has 1 aliphatic rings. The summed E-state index contributed by atoms with van der Waals surface area (Å²) in [4.78, 5) is 0. The Kier molecular flexibility index (Phi) is 2.57.